The SMILES string of the molecule is O=C(CC1(c2ccccc2)CCN(C(=O)OCc2ccccc2)CC1)NCc1cccnc1. The predicted octanol–water partition coefficient (Wildman–Crippen LogP) is 4.46. The van der Waals surface area contributed by atoms with Crippen molar-refractivity contribution in [3.8, 4) is 0 Å². The highest BCUT2D eigenvalue weighted by Gasteiger charge is 2.39. The van der Waals surface area contributed by atoms with Crippen molar-refractivity contribution in [2.24, 2.45) is 0 Å². The van der Waals surface area contributed by atoms with Gasteiger partial charge in [0.15, 0.2) is 0 Å². The molecule has 4 rings (SSSR count). The molecule has 1 aromatic heterocycles. The third-order valence-corrected chi connectivity index (χ3v) is 6.28. The highest BCUT2D eigenvalue weighted by molar-refractivity contribution is 5.78. The van der Waals surface area contributed by atoms with Gasteiger partial charge >= 0.3 is 6.09 Å². The van der Waals surface area contributed by atoms with Crippen molar-refractivity contribution in [3.63, 3.8) is 0 Å². The largest absolute Gasteiger partial charge is 0.445 e. The van der Waals surface area contributed by atoms with E-state index in [-0.39, 0.29) is 24.0 Å². The molecular formula is C27H29N3O3. The quantitative estimate of drug-likeness (QED) is 0.585. The molecule has 1 N–H and O–H groups in total. The zero-order valence-electron chi connectivity index (χ0n) is 18.7. The van der Waals surface area contributed by atoms with Gasteiger partial charge in [0.1, 0.15) is 6.61 Å². The van der Waals surface area contributed by atoms with Gasteiger partial charge in [0.05, 0.1) is 0 Å². The van der Waals surface area contributed by atoms with Crippen LogP contribution in [-0.2, 0) is 28.1 Å². The molecule has 6 nitrogen and oxygen atoms in total. The van der Waals surface area contributed by atoms with Crippen LogP contribution in [0, 0.1) is 0 Å². The molecule has 6 heteroatoms. The number of nitrogens with one attached hydrogen (secondary N) is 1. The number of hydrogen-bond donors (Lipinski definition) is 1. The van der Waals surface area contributed by atoms with Crippen LogP contribution in [0.15, 0.2) is 85.2 Å². The van der Waals surface area contributed by atoms with Gasteiger partial charge in [-0.15, -0.1) is 0 Å². The molecule has 1 aliphatic heterocycles. The van der Waals surface area contributed by atoms with E-state index in [0.29, 0.717) is 38.9 Å². The number of pyridine rings is 1. The molecule has 0 atom stereocenters. The standard InChI is InChI=1S/C27H29N3O3/c31-25(29-20-23-10-7-15-28-19-23)18-27(24-11-5-2-6-12-24)13-16-30(17-14-27)26(32)33-21-22-8-3-1-4-9-22/h1-12,15,19H,13-14,16-18,20-21H2,(H,29,31). The van der Waals surface area contributed by atoms with E-state index in [1.807, 2.05) is 60.7 Å². The smallest absolute Gasteiger partial charge is 0.410 e. The van der Waals surface area contributed by atoms with Crippen molar-refractivity contribution in [1.82, 2.24) is 15.2 Å². The summed E-state index contributed by atoms with van der Waals surface area (Å²) in [5, 5.41) is 3.03. The first-order valence-electron chi connectivity index (χ1n) is 11.3. The maximum atomic E-state index is 12.9. The number of likely N-dealkylation sites (tertiary alicyclic amines) is 1. The lowest BCUT2D eigenvalue weighted by Gasteiger charge is -2.41. The van der Waals surface area contributed by atoms with E-state index in [2.05, 4.69) is 22.4 Å². The monoisotopic (exact) mass is 443 g/mol. The molecular weight excluding hydrogens is 414 g/mol. The van der Waals surface area contributed by atoms with Gasteiger partial charge in [-0.3, -0.25) is 9.78 Å². The summed E-state index contributed by atoms with van der Waals surface area (Å²) in [5.41, 5.74) is 2.76. The molecule has 0 bridgehead atoms. The Morgan fingerprint density at radius 1 is 0.909 bits per heavy atom. The molecule has 0 unspecified atom stereocenters. The molecule has 170 valence electrons. The second-order valence-corrected chi connectivity index (χ2v) is 8.49. The number of ether oxygens (including phenoxy) is 1. The fourth-order valence-corrected chi connectivity index (χ4v) is 4.36. The second-order valence-electron chi connectivity index (χ2n) is 8.49. The first kappa shape index (κ1) is 22.5. The first-order chi connectivity index (χ1) is 16.1. The summed E-state index contributed by atoms with van der Waals surface area (Å²) in [4.78, 5) is 31.4. The maximum absolute atomic E-state index is 12.9. The summed E-state index contributed by atoms with van der Waals surface area (Å²) in [6.45, 7) is 1.82. The Bertz CT molecular complexity index is 1030. The van der Waals surface area contributed by atoms with Crippen LogP contribution in [0.3, 0.4) is 0 Å². The van der Waals surface area contributed by atoms with Crippen LogP contribution < -0.4 is 5.32 Å². The lowest BCUT2D eigenvalue weighted by Crippen LogP contribution is -2.47. The molecule has 0 radical (unpaired) electrons. The third kappa shape index (κ3) is 5.98. The Morgan fingerprint density at radius 2 is 1.58 bits per heavy atom. The highest BCUT2D eigenvalue weighted by atomic mass is 16.6. The van der Waals surface area contributed by atoms with Gasteiger partial charge in [0.25, 0.3) is 0 Å². The average Bonchev–Trinajstić information content (AvgIpc) is 2.88. The lowest BCUT2D eigenvalue weighted by atomic mass is 9.70. The van der Waals surface area contributed by atoms with Crippen LogP contribution in [0.2, 0.25) is 0 Å². The number of hydrogen-bond acceptors (Lipinski definition) is 4. The molecule has 2 amide bonds. The van der Waals surface area contributed by atoms with Crippen LogP contribution in [0.1, 0.15) is 36.0 Å². The fraction of sp³-hybridized carbons (Fsp3) is 0.296. The minimum Gasteiger partial charge on any atom is -0.445 e. The lowest BCUT2D eigenvalue weighted by molar-refractivity contribution is -0.123. The van der Waals surface area contributed by atoms with Crippen LogP contribution in [-0.4, -0.2) is 35.0 Å². The van der Waals surface area contributed by atoms with E-state index >= 15 is 0 Å². The minimum atomic E-state index is -0.309. The summed E-state index contributed by atoms with van der Waals surface area (Å²) < 4.78 is 5.51. The van der Waals surface area contributed by atoms with Crippen molar-refractivity contribution in [2.75, 3.05) is 13.1 Å². The van der Waals surface area contributed by atoms with Gasteiger partial charge < -0.3 is 15.0 Å². The fourth-order valence-electron chi connectivity index (χ4n) is 4.36. The zero-order chi connectivity index (χ0) is 22.9. The van der Waals surface area contributed by atoms with Crippen LogP contribution in [0.5, 0.6) is 0 Å². The molecule has 2 aromatic carbocycles. The Morgan fingerprint density at radius 3 is 2.24 bits per heavy atom. The number of carbonyl (C=O) groups excluding carboxylic acids is 2. The maximum Gasteiger partial charge on any atom is 0.410 e. The van der Waals surface area contributed by atoms with E-state index in [0.717, 1.165) is 16.7 Å². The summed E-state index contributed by atoms with van der Waals surface area (Å²) in [7, 11) is 0. The highest BCUT2D eigenvalue weighted by Crippen LogP contribution is 2.39. The first-order valence-corrected chi connectivity index (χ1v) is 11.3. The van der Waals surface area contributed by atoms with Gasteiger partial charge in [-0.1, -0.05) is 66.7 Å². The van der Waals surface area contributed by atoms with Gasteiger partial charge in [0, 0.05) is 43.9 Å². The molecule has 1 aliphatic rings. The molecule has 2 heterocycles. The van der Waals surface area contributed by atoms with Crippen LogP contribution in [0.25, 0.3) is 0 Å². The number of piperidine rings is 1. The Hall–Kier alpha value is -3.67. The van der Waals surface area contributed by atoms with E-state index < -0.39 is 0 Å². The van der Waals surface area contributed by atoms with E-state index in [1.54, 1.807) is 17.3 Å². The summed E-state index contributed by atoms with van der Waals surface area (Å²) in [6, 6.07) is 23.6. The van der Waals surface area contributed by atoms with E-state index in [9.17, 15) is 9.59 Å². The van der Waals surface area contributed by atoms with E-state index in [1.165, 1.54) is 0 Å². The van der Waals surface area contributed by atoms with Gasteiger partial charge in [-0.05, 0) is 35.6 Å². The molecule has 0 aliphatic carbocycles. The second kappa shape index (κ2) is 10.8. The van der Waals surface area contributed by atoms with Crippen molar-refractivity contribution in [1.29, 1.82) is 0 Å². The van der Waals surface area contributed by atoms with Crippen molar-refractivity contribution in [2.45, 2.75) is 37.8 Å². The summed E-state index contributed by atoms with van der Waals surface area (Å²) in [5.74, 6) is 0.00260. The number of rotatable bonds is 7. The normalized spacial score (nSPS) is 15.0. The number of carbonyl (C=O) groups is 2. The predicted molar refractivity (Wildman–Crippen MR) is 126 cm³/mol. The Kier molecular flexibility index (Phi) is 7.35. The molecule has 1 fully saturated rings. The Balaban J connectivity index is 1.37. The molecule has 0 spiro atoms. The zero-order valence-corrected chi connectivity index (χ0v) is 18.7. The van der Waals surface area contributed by atoms with Crippen LogP contribution >= 0.6 is 0 Å². The Labute approximate surface area is 194 Å². The van der Waals surface area contributed by atoms with Crippen molar-refractivity contribution >= 4 is 12.0 Å². The van der Waals surface area contributed by atoms with Gasteiger partial charge in [-0.2, -0.15) is 0 Å². The van der Waals surface area contributed by atoms with Crippen LogP contribution in [0.4, 0.5) is 4.79 Å². The number of amides is 2. The summed E-state index contributed by atoms with van der Waals surface area (Å²) in [6.07, 6.45) is 4.96. The number of aromatic nitrogens is 1. The van der Waals surface area contributed by atoms with Gasteiger partial charge in [-0.25, -0.2) is 4.79 Å². The molecule has 1 saturated heterocycles. The minimum absolute atomic E-state index is 0.00260. The van der Waals surface area contributed by atoms with Gasteiger partial charge in [0.2, 0.25) is 5.91 Å². The number of nitrogens with zero attached hydrogens (tertiary/aromatic N) is 2. The average molecular weight is 444 g/mol. The third-order valence-electron chi connectivity index (χ3n) is 6.28. The summed E-state index contributed by atoms with van der Waals surface area (Å²) >= 11 is 0. The molecule has 0 saturated carbocycles. The van der Waals surface area contributed by atoms with Crippen molar-refractivity contribution < 1.29 is 14.3 Å². The topological polar surface area (TPSA) is 71.5 Å². The van der Waals surface area contributed by atoms with E-state index in [4.69, 9.17) is 4.74 Å². The molecule has 3 aromatic rings. The van der Waals surface area contributed by atoms with Crippen molar-refractivity contribution in [3.05, 3.63) is 102 Å². The molecule has 33 heavy (non-hydrogen) atoms. The number of benzene rings is 2.